The van der Waals surface area contributed by atoms with Gasteiger partial charge in [-0.15, -0.1) is 0 Å². The molecule has 30 heavy (non-hydrogen) atoms. The van der Waals surface area contributed by atoms with Crippen LogP contribution in [0.25, 0.3) is 0 Å². The maximum Gasteiger partial charge on any atom is 0.338 e. The van der Waals surface area contributed by atoms with E-state index in [-0.39, 0.29) is 5.97 Å². The summed E-state index contributed by atoms with van der Waals surface area (Å²) in [6.45, 7) is 3.11. The van der Waals surface area contributed by atoms with Gasteiger partial charge in [-0.25, -0.2) is 4.79 Å². The van der Waals surface area contributed by atoms with Gasteiger partial charge in [0.05, 0.1) is 19.3 Å². The third-order valence-corrected chi connectivity index (χ3v) is 4.83. The van der Waals surface area contributed by atoms with E-state index in [0.717, 1.165) is 16.8 Å². The fourth-order valence-corrected chi connectivity index (χ4v) is 3.05. The quantitative estimate of drug-likeness (QED) is 0.444. The molecule has 5 nitrogen and oxygen atoms in total. The molecule has 0 fully saturated rings. The van der Waals surface area contributed by atoms with E-state index in [1.54, 1.807) is 26.2 Å². The number of carbonyl (C=O) groups excluding carboxylic acids is 1. The van der Waals surface area contributed by atoms with Crippen molar-refractivity contribution in [2.24, 2.45) is 0 Å². The molecule has 0 amide bonds. The van der Waals surface area contributed by atoms with Crippen molar-refractivity contribution >= 4 is 23.3 Å². The summed E-state index contributed by atoms with van der Waals surface area (Å²) in [6, 6.07) is 20.6. The number of methoxy groups -OCH3 is 1. The lowest BCUT2D eigenvalue weighted by Crippen LogP contribution is -2.05. The summed E-state index contributed by atoms with van der Waals surface area (Å²) >= 11 is 6.19. The zero-order valence-electron chi connectivity index (χ0n) is 17.0. The Morgan fingerprint density at radius 2 is 1.77 bits per heavy atom. The monoisotopic (exact) mass is 425 g/mol. The third-order valence-electron chi connectivity index (χ3n) is 4.46. The number of nitrogens with one attached hydrogen (secondary N) is 1. The van der Waals surface area contributed by atoms with Crippen LogP contribution in [-0.4, -0.2) is 19.7 Å². The third kappa shape index (κ3) is 5.67. The molecule has 0 aliphatic heterocycles. The first-order valence-corrected chi connectivity index (χ1v) is 10.0. The van der Waals surface area contributed by atoms with Crippen LogP contribution in [0, 0.1) is 0 Å². The van der Waals surface area contributed by atoms with Crippen LogP contribution >= 0.6 is 11.6 Å². The molecule has 0 saturated heterocycles. The fourth-order valence-electron chi connectivity index (χ4n) is 2.85. The zero-order chi connectivity index (χ0) is 21.3. The lowest BCUT2D eigenvalue weighted by atomic mass is 10.1. The second-order valence-corrected chi connectivity index (χ2v) is 6.92. The van der Waals surface area contributed by atoms with E-state index in [2.05, 4.69) is 5.32 Å². The summed E-state index contributed by atoms with van der Waals surface area (Å²) in [5.74, 6) is 0.986. The Labute approximate surface area is 181 Å². The molecular weight excluding hydrogens is 402 g/mol. The summed E-state index contributed by atoms with van der Waals surface area (Å²) < 4.78 is 16.4. The molecule has 0 atom stereocenters. The van der Waals surface area contributed by atoms with Gasteiger partial charge in [-0.2, -0.15) is 0 Å². The summed E-state index contributed by atoms with van der Waals surface area (Å²) in [6.07, 6.45) is 0. The molecule has 3 rings (SSSR count). The van der Waals surface area contributed by atoms with E-state index in [1.807, 2.05) is 54.6 Å². The molecular formula is C24H24ClNO4. The lowest BCUT2D eigenvalue weighted by Gasteiger charge is -2.14. The van der Waals surface area contributed by atoms with Gasteiger partial charge in [-0.05, 0) is 55.0 Å². The number of halogens is 1. The van der Waals surface area contributed by atoms with Gasteiger partial charge >= 0.3 is 5.97 Å². The Bertz CT molecular complexity index is 989. The topological polar surface area (TPSA) is 56.8 Å². The van der Waals surface area contributed by atoms with Crippen molar-refractivity contribution in [3.8, 4) is 11.5 Å². The fraction of sp³-hybridized carbons (Fsp3) is 0.208. The minimum atomic E-state index is -0.318. The normalized spacial score (nSPS) is 10.4. The highest BCUT2D eigenvalue weighted by molar-refractivity contribution is 6.31. The number of hydrogen-bond donors (Lipinski definition) is 1. The first kappa shape index (κ1) is 21.5. The molecule has 1 N–H and O–H groups in total. The van der Waals surface area contributed by atoms with Crippen LogP contribution in [0.3, 0.4) is 0 Å². The highest BCUT2D eigenvalue weighted by Crippen LogP contribution is 2.30. The largest absolute Gasteiger partial charge is 0.493 e. The Morgan fingerprint density at radius 1 is 1.00 bits per heavy atom. The predicted octanol–water partition coefficient (Wildman–Crippen LogP) is 5.72. The van der Waals surface area contributed by atoms with Crippen molar-refractivity contribution < 1.29 is 19.0 Å². The first-order valence-electron chi connectivity index (χ1n) is 9.65. The molecule has 0 saturated carbocycles. The molecule has 156 valence electrons. The minimum absolute atomic E-state index is 0.318. The van der Waals surface area contributed by atoms with Gasteiger partial charge in [-0.1, -0.05) is 35.9 Å². The predicted molar refractivity (Wildman–Crippen MR) is 119 cm³/mol. The summed E-state index contributed by atoms with van der Waals surface area (Å²) in [5.41, 5.74) is 3.38. The molecule has 0 aliphatic carbocycles. The highest BCUT2D eigenvalue weighted by Gasteiger charge is 2.09. The van der Waals surface area contributed by atoms with Crippen LogP contribution in [0.5, 0.6) is 11.5 Å². The van der Waals surface area contributed by atoms with Gasteiger partial charge in [0, 0.05) is 22.8 Å². The van der Waals surface area contributed by atoms with Gasteiger partial charge in [0.1, 0.15) is 6.61 Å². The lowest BCUT2D eigenvalue weighted by molar-refractivity contribution is 0.0526. The second-order valence-electron chi connectivity index (χ2n) is 6.52. The van der Waals surface area contributed by atoms with Crippen molar-refractivity contribution in [1.82, 2.24) is 0 Å². The van der Waals surface area contributed by atoms with Crippen LogP contribution in [0.2, 0.25) is 5.02 Å². The molecule has 0 radical (unpaired) electrons. The zero-order valence-corrected chi connectivity index (χ0v) is 17.7. The molecule has 0 unspecified atom stereocenters. The Balaban J connectivity index is 1.60. The average molecular weight is 426 g/mol. The summed E-state index contributed by atoms with van der Waals surface area (Å²) in [5, 5.41) is 4.00. The van der Waals surface area contributed by atoms with Crippen molar-refractivity contribution in [3.63, 3.8) is 0 Å². The van der Waals surface area contributed by atoms with Crippen molar-refractivity contribution in [2.45, 2.75) is 20.1 Å². The van der Waals surface area contributed by atoms with E-state index in [0.29, 0.717) is 41.8 Å². The van der Waals surface area contributed by atoms with Crippen molar-refractivity contribution in [1.29, 1.82) is 0 Å². The SMILES string of the molecule is CCOC(=O)c1ccc(NCc2ccc(OCc3ccccc3Cl)c(OC)c2)cc1. The minimum Gasteiger partial charge on any atom is -0.493 e. The number of hydrogen-bond acceptors (Lipinski definition) is 5. The number of anilines is 1. The van der Waals surface area contributed by atoms with E-state index in [4.69, 9.17) is 25.8 Å². The molecule has 0 aliphatic rings. The summed E-state index contributed by atoms with van der Waals surface area (Å²) in [4.78, 5) is 11.7. The van der Waals surface area contributed by atoms with Crippen LogP contribution in [0.1, 0.15) is 28.4 Å². The van der Waals surface area contributed by atoms with Gasteiger partial charge < -0.3 is 19.5 Å². The molecule has 0 heterocycles. The summed E-state index contributed by atoms with van der Waals surface area (Å²) in [7, 11) is 1.61. The molecule has 6 heteroatoms. The van der Waals surface area contributed by atoms with Crippen molar-refractivity contribution in [2.75, 3.05) is 19.0 Å². The van der Waals surface area contributed by atoms with E-state index in [9.17, 15) is 4.79 Å². The van der Waals surface area contributed by atoms with Crippen LogP contribution in [0.4, 0.5) is 5.69 Å². The second kappa shape index (κ2) is 10.6. The maximum atomic E-state index is 11.7. The van der Waals surface area contributed by atoms with E-state index in [1.165, 1.54) is 0 Å². The molecule has 0 bridgehead atoms. The Morgan fingerprint density at radius 3 is 2.47 bits per heavy atom. The van der Waals surface area contributed by atoms with Gasteiger partial charge in [0.2, 0.25) is 0 Å². The van der Waals surface area contributed by atoms with Crippen molar-refractivity contribution in [3.05, 3.63) is 88.4 Å². The smallest absolute Gasteiger partial charge is 0.338 e. The van der Waals surface area contributed by atoms with Gasteiger partial charge in [0.15, 0.2) is 11.5 Å². The number of ether oxygens (including phenoxy) is 3. The maximum absolute atomic E-state index is 11.7. The van der Waals surface area contributed by atoms with Crippen LogP contribution in [0.15, 0.2) is 66.7 Å². The first-order chi connectivity index (χ1) is 14.6. The van der Waals surface area contributed by atoms with E-state index < -0.39 is 0 Å². The molecule has 3 aromatic carbocycles. The number of rotatable bonds is 9. The average Bonchev–Trinajstić information content (AvgIpc) is 2.78. The van der Waals surface area contributed by atoms with Crippen LogP contribution in [-0.2, 0) is 17.9 Å². The van der Waals surface area contributed by atoms with Gasteiger partial charge in [-0.3, -0.25) is 0 Å². The standard InChI is InChI=1S/C24H24ClNO4/c1-3-29-24(27)18-9-11-20(12-10-18)26-15-17-8-13-22(23(14-17)28-2)30-16-19-6-4-5-7-21(19)25/h4-14,26H,3,15-16H2,1-2H3. The number of benzene rings is 3. The van der Waals surface area contributed by atoms with Gasteiger partial charge in [0.25, 0.3) is 0 Å². The van der Waals surface area contributed by atoms with Crippen LogP contribution < -0.4 is 14.8 Å². The number of carbonyl (C=O) groups is 1. The Hall–Kier alpha value is -3.18. The molecule has 0 spiro atoms. The molecule has 3 aromatic rings. The van der Waals surface area contributed by atoms with E-state index >= 15 is 0 Å². The highest BCUT2D eigenvalue weighted by atomic mass is 35.5. The Kier molecular flexibility index (Phi) is 7.57. The number of esters is 1. The molecule has 0 aromatic heterocycles.